The maximum absolute atomic E-state index is 11.5. The van der Waals surface area contributed by atoms with E-state index in [9.17, 15) is 13.2 Å². The van der Waals surface area contributed by atoms with Crippen LogP contribution in [-0.4, -0.2) is 52.6 Å². The van der Waals surface area contributed by atoms with Crippen molar-refractivity contribution < 1.29 is 22.7 Å². The predicted molar refractivity (Wildman–Crippen MR) is 54.5 cm³/mol. The molecular weight excluding hydrogens is 220 g/mol. The Hall–Kier alpha value is -0.460. The first-order chi connectivity index (χ1) is 7.05. The highest BCUT2D eigenvalue weighted by Crippen LogP contribution is 2.14. The number of ether oxygens (including phenoxy) is 2. The third-order valence-electron chi connectivity index (χ3n) is 2.35. The van der Waals surface area contributed by atoms with Crippen molar-refractivity contribution in [2.75, 3.05) is 38.4 Å². The van der Waals surface area contributed by atoms with Gasteiger partial charge in [-0.1, -0.05) is 0 Å². The molecule has 1 fully saturated rings. The smallest absolute Gasteiger partial charge is 0.159 e. The molecule has 0 aromatic heterocycles. The lowest BCUT2D eigenvalue weighted by Crippen LogP contribution is -2.26. The molecule has 15 heavy (non-hydrogen) atoms. The number of carbonyl (C=O) groups is 1. The zero-order chi connectivity index (χ0) is 11.3. The van der Waals surface area contributed by atoms with Gasteiger partial charge in [0.1, 0.15) is 5.75 Å². The van der Waals surface area contributed by atoms with Gasteiger partial charge in [-0.15, -0.1) is 0 Å². The first kappa shape index (κ1) is 12.6. The molecule has 0 saturated carbocycles. The SMILES string of the molecule is COCCS(=O)(=O)CC(=O)C1CCOC1. The first-order valence-corrected chi connectivity index (χ1v) is 6.67. The molecule has 1 aliphatic rings. The highest BCUT2D eigenvalue weighted by molar-refractivity contribution is 7.92. The Kier molecular flexibility index (Phi) is 4.69. The zero-order valence-corrected chi connectivity index (χ0v) is 9.59. The van der Waals surface area contributed by atoms with Gasteiger partial charge < -0.3 is 9.47 Å². The van der Waals surface area contributed by atoms with Crippen LogP contribution in [0.2, 0.25) is 0 Å². The summed E-state index contributed by atoms with van der Waals surface area (Å²) in [6, 6.07) is 0. The molecule has 0 N–H and O–H groups in total. The average Bonchev–Trinajstić information content (AvgIpc) is 2.67. The fraction of sp³-hybridized carbons (Fsp3) is 0.889. The summed E-state index contributed by atoms with van der Waals surface area (Å²) < 4.78 is 32.5. The fourth-order valence-corrected chi connectivity index (χ4v) is 2.64. The number of sulfone groups is 1. The van der Waals surface area contributed by atoms with Crippen molar-refractivity contribution in [1.29, 1.82) is 0 Å². The molecule has 0 aliphatic carbocycles. The van der Waals surface area contributed by atoms with Crippen LogP contribution in [-0.2, 0) is 24.1 Å². The average molecular weight is 236 g/mol. The highest BCUT2D eigenvalue weighted by Gasteiger charge is 2.27. The molecule has 5 nitrogen and oxygen atoms in total. The standard InChI is InChI=1S/C9H16O5S/c1-13-4-5-15(11,12)7-9(10)8-2-3-14-6-8/h8H,2-7H2,1H3. The number of rotatable bonds is 6. The van der Waals surface area contributed by atoms with E-state index >= 15 is 0 Å². The van der Waals surface area contributed by atoms with Gasteiger partial charge in [0, 0.05) is 19.6 Å². The van der Waals surface area contributed by atoms with Gasteiger partial charge in [-0.25, -0.2) is 8.42 Å². The molecule has 88 valence electrons. The fourth-order valence-electron chi connectivity index (χ4n) is 1.41. The van der Waals surface area contributed by atoms with E-state index in [2.05, 4.69) is 4.74 Å². The van der Waals surface area contributed by atoms with Crippen molar-refractivity contribution in [1.82, 2.24) is 0 Å². The van der Waals surface area contributed by atoms with E-state index in [1.165, 1.54) is 7.11 Å². The molecule has 1 rings (SSSR count). The van der Waals surface area contributed by atoms with Gasteiger partial charge in [0.25, 0.3) is 0 Å². The Morgan fingerprint density at radius 2 is 2.27 bits per heavy atom. The molecule has 1 unspecified atom stereocenters. The van der Waals surface area contributed by atoms with E-state index in [1.807, 2.05) is 0 Å². The number of ketones is 1. The largest absolute Gasteiger partial charge is 0.384 e. The van der Waals surface area contributed by atoms with Crippen molar-refractivity contribution in [2.24, 2.45) is 5.92 Å². The lowest BCUT2D eigenvalue weighted by Gasteiger charge is -2.06. The predicted octanol–water partition coefficient (Wildman–Crippen LogP) is -0.347. The molecule has 0 radical (unpaired) electrons. The lowest BCUT2D eigenvalue weighted by molar-refractivity contribution is -0.120. The summed E-state index contributed by atoms with van der Waals surface area (Å²) in [6.07, 6.45) is 0.638. The normalized spacial score (nSPS) is 21.8. The molecule has 1 atom stereocenters. The van der Waals surface area contributed by atoms with Crippen molar-refractivity contribution in [3.8, 4) is 0 Å². The number of methoxy groups -OCH3 is 1. The molecule has 0 aromatic carbocycles. The summed E-state index contributed by atoms with van der Waals surface area (Å²) in [7, 11) is -1.88. The second-order valence-corrected chi connectivity index (χ2v) is 5.80. The molecular formula is C9H16O5S. The van der Waals surface area contributed by atoms with Gasteiger partial charge in [0.15, 0.2) is 15.6 Å². The molecule has 1 aliphatic heterocycles. The summed E-state index contributed by atoms with van der Waals surface area (Å²) in [5, 5.41) is 0. The molecule has 1 heterocycles. The third-order valence-corrected chi connectivity index (χ3v) is 3.86. The van der Waals surface area contributed by atoms with Crippen LogP contribution >= 0.6 is 0 Å². The topological polar surface area (TPSA) is 69.7 Å². The third kappa shape index (κ3) is 4.27. The van der Waals surface area contributed by atoms with Crippen molar-refractivity contribution in [3.63, 3.8) is 0 Å². The Labute approximate surface area is 89.7 Å². The number of carbonyl (C=O) groups excluding carboxylic acids is 1. The maximum atomic E-state index is 11.5. The van der Waals surface area contributed by atoms with Crippen LogP contribution in [0, 0.1) is 5.92 Å². The molecule has 0 spiro atoms. The summed E-state index contributed by atoms with van der Waals surface area (Å²) >= 11 is 0. The molecule has 0 aromatic rings. The van der Waals surface area contributed by atoms with Gasteiger partial charge in [-0.3, -0.25) is 4.79 Å². The highest BCUT2D eigenvalue weighted by atomic mass is 32.2. The Balaban J connectivity index is 2.42. The minimum atomic E-state index is -3.31. The summed E-state index contributed by atoms with van der Waals surface area (Å²) in [4.78, 5) is 11.5. The summed E-state index contributed by atoms with van der Waals surface area (Å²) in [5.41, 5.74) is 0. The van der Waals surface area contributed by atoms with E-state index in [-0.39, 0.29) is 29.8 Å². The molecule has 1 saturated heterocycles. The van der Waals surface area contributed by atoms with Crippen LogP contribution in [0.3, 0.4) is 0 Å². The Morgan fingerprint density at radius 1 is 1.53 bits per heavy atom. The molecule has 0 bridgehead atoms. The molecule has 6 heteroatoms. The lowest BCUT2D eigenvalue weighted by atomic mass is 10.1. The quantitative estimate of drug-likeness (QED) is 0.630. The summed E-state index contributed by atoms with van der Waals surface area (Å²) in [6.45, 7) is 1.05. The van der Waals surface area contributed by atoms with E-state index in [0.717, 1.165) is 0 Å². The first-order valence-electron chi connectivity index (χ1n) is 4.85. The van der Waals surface area contributed by atoms with E-state index in [4.69, 9.17) is 4.74 Å². The van der Waals surface area contributed by atoms with Crippen LogP contribution in [0.25, 0.3) is 0 Å². The van der Waals surface area contributed by atoms with Gasteiger partial charge >= 0.3 is 0 Å². The zero-order valence-electron chi connectivity index (χ0n) is 8.77. The monoisotopic (exact) mass is 236 g/mol. The minimum absolute atomic E-state index is 0.0944. The van der Waals surface area contributed by atoms with E-state index < -0.39 is 9.84 Å². The van der Waals surface area contributed by atoms with E-state index in [0.29, 0.717) is 19.6 Å². The van der Waals surface area contributed by atoms with Crippen LogP contribution < -0.4 is 0 Å². The Bertz CT molecular complexity index is 302. The summed E-state index contributed by atoms with van der Waals surface area (Å²) in [5.74, 6) is -0.946. The van der Waals surface area contributed by atoms with Crippen molar-refractivity contribution >= 4 is 15.6 Å². The van der Waals surface area contributed by atoms with Crippen LogP contribution in [0.5, 0.6) is 0 Å². The van der Waals surface area contributed by atoms with Crippen LogP contribution in [0.1, 0.15) is 6.42 Å². The number of hydrogen-bond donors (Lipinski definition) is 0. The van der Waals surface area contributed by atoms with Gasteiger partial charge in [0.2, 0.25) is 0 Å². The van der Waals surface area contributed by atoms with Gasteiger partial charge in [0.05, 0.1) is 19.0 Å². The van der Waals surface area contributed by atoms with E-state index in [1.54, 1.807) is 0 Å². The van der Waals surface area contributed by atoms with Gasteiger partial charge in [-0.2, -0.15) is 0 Å². The van der Waals surface area contributed by atoms with Crippen molar-refractivity contribution in [3.05, 3.63) is 0 Å². The van der Waals surface area contributed by atoms with Crippen LogP contribution in [0.15, 0.2) is 0 Å². The second-order valence-electron chi connectivity index (χ2n) is 3.61. The van der Waals surface area contributed by atoms with Crippen molar-refractivity contribution in [2.45, 2.75) is 6.42 Å². The maximum Gasteiger partial charge on any atom is 0.159 e. The molecule has 0 amide bonds. The van der Waals surface area contributed by atoms with Gasteiger partial charge in [-0.05, 0) is 6.42 Å². The minimum Gasteiger partial charge on any atom is -0.384 e. The number of Topliss-reactive ketones (excluding diaryl/α,β-unsaturated/α-hetero) is 1. The Morgan fingerprint density at radius 3 is 2.80 bits per heavy atom. The number of hydrogen-bond acceptors (Lipinski definition) is 5. The second kappa shape index (κ2) is 5.58. The van der Waals surface area contributed by atoms with Crippen LogP contribution in [0.4, 0.5) is 0 Å².